The third-order valence-electron chi connectivity index (χ3n) is 2.22. The Balaban J connectivity index is 2.41. The highest BCUT2D eigenvalue weighted by Crippen LogP contribution is 2.27. The molecule has 0 amide bonds. The number of nitriles is 2. The number of pyridine rings is 1. The molecule has 0 aliphatic rings. The minimum atomic E-state index is 0.165. The van der Waals surface area contributed by atoms with Gasteiger partial charge in [-0.05, 0) is 30.3 Å². The molecule has 1 aromatic carbocycles. The molecule has 0 spiro atoms. The van der Waals surface area contributed by atoms with Crippen molar-refractivity contribution in [2.24, 2.45) is 0 Å². The number of ether oxygens (including phenoxy) is 1. The first-order valence-electron chi connectivity index (χ1n) is 5.07. The first kappa shape index (κ1) is 11.4. The minimum absolute atomic E-state index is 0.165. The van der Waals surface area contributed by atoms with Crippen molar-refractivity contribution in [2.75, 3.05) is 5.73 Å². The number of anilines is 1. The number of nitrogens with two attached hydrogens (primary N) is 1. The molecule has 0 saturated heterocycles. The van der Waals surface area contributed by atoms with Gasteiger partial charge < -0.3 is 10.5 Å². The van der Waals surface area contributed by atoms with Gasteiger partial charge in [-0.2, -0.15) is 10.5 Å². The first-order chi connectivity index (χ1) is 8.74. The second-order valence-corrected chi connectivity index (χ2v) is 3.43. The SMILES string of the molecule is N#Cc1cc(N)ccc1Oc1cccnc1C#N. The van der Waals surface area contributed by atoms with Gasteiger partial charge in [-0.15, -0.1) is 0 Å². The summed E-state index contributed by atoms with van der Waals surface area (Å²) >= 11 is 0. The standard InChI is InChI=1S/C13H8N4O/c14-7-9-6-10(16)3-4-12(9)18-13-2-1-5-17-11(13)8-15/h1-6H,16H2. The smallest absolute Gasteiger partial charge is 0.183 e. The number of benzene rings is 1. The van der Waals surface area contributed by atoms with Crippen molar-refractivity contribution in [3.05, 3.63) is 47.8 Å². The van der Waals surface area contributed by atoms with Crippen molar-refractivity contribution >= 4 is 5.69 Å². The van der Waals surface area contributed by atoms with Gasteiger partial charge >= 0.3 is 0 Å². The van der Waals surface area contributed by atoms with Crippen LogP contribution in [-0.4, -0.2) is 4.98 Å². The summed E-state index contributed by atoms with van der Waals surface area (Å²) in [5, 5.41) is 17.9. The third-order valence-corrected chi connectivity index (χ3v) is 2.22. The summed E-state index contributed by atoms with van der Waals surface area (Å²) in [5.74, 6) is 0.650. The number of hydrogen-bond acceptors (Lipinski definition) is 5. The molecule has 1 aromatic heterocycles. The van der Waals surface area contributed by atoms with E-state index >= 15 is 0 Å². The summed E-state index contributed by atoms with van der Waals surface area (Å²) in [6.45, 7) is 0. The van der Waals surface area contributed by atoms with E-state index in [1.807, 2.05) is 12.1 Å². The molecule has 5 heteroatoms. The summed E-state index contributed by atoms with van der Waals surface area (Å²) < 4.78 is 5.51. The molecule has 18 heavy (non-hydrogen) atoms. The van der Waals surface area contributed by atoms with Crippen LogP contribution < -0.4 is 10.5 Å². The van der Waals surface area contributed by atoms with Crippen LogP contribution in [0.5, 0.6) is 11.5 Å². The normalized spacial score (nSPS) is 9.22. The van der Waals surface area contributed by atoms with Crippen molar-refractivity contribution in [2.45, 2.75) is 0 Å². The van der Waals surface area contributed by atoms with Crippen molar-refractivity contribution in [3.8, 4) is 23.6 Å². The average molecular weight is 236 g/mol. The fourth-order valence-corrected chi connectivity index (χ4v) is 1.40. The summed E-state index contributed by atoms with van der Waals surface area (Å²) in [6.07, 6.45) is 1.50. The molecule has 0 aliphatic carbocycles. The van der Waals surface area contributed by atoms with Gasteiger partial charge in [-0.1, -0.05) is 0 Å². The molecule has 0 fully saturated rings. The minimum Gasteiger partial charge on any atom is -0.453 e. The van der Waals surface area contributed by atoms with Crippen LogP contribution in [0.1, 0.15) is 11.3 Å². The Morgan fingerprint density at radius 3 is 2.67 bits per heavy atom. The van der Waals surface area contributed by atoms with Crippen LogP contribution in [0.15, 0.2) is 36.5 Å². The Morgan fingerprint density at radius 1 is 1.11 bits per heavy atom. The predicted octanol–water partition coefficient (Wildman–Crippen LogP) is 2.20. The molecule has 86 valence electrons. The zero-order valence-electron chi connectivity index (χ0n) is 9.29. The maximum absolute atomic E-state index is 8.98. The molecule has 1 heterocycles. The molecule has 0 radical (unpaired) electrons. The van der Waals surface area contributed by atoms with E-state index in [4.69, 9.17) is 21.0 Å². The molecule has 0 bridgehead atoms. The van der Waals surface area contributed by atoms with E-state index in [1.54, 1.807) is 24.3 Å². The molecular weight excluding hydrogens is 228 g/mol. The van der Waals surface area contributed by atoms with Crippen molar-refractivity contribution < 1.29 is 4.74 Å². The van der Waals surface area contributed by atoms with E-state index in [9.17, 15) is 0 Å². The van der Waals surface area contributed by atoms with Gasteiger partial charge in [-0.25, -0.2) is 4.98 Å². The fraction of sp³-hybridized carbons (Fsp3) is 0. The van der Waals surface area contributed by atoms with E-state index in [0.29, 0.717) is 22.7 Å². The maximum atomic E-state index is 8.98. The monoisotopic (exact) mass is 236 g/mol. The zero-order chi connectivity index (χ0) is 13.0. The van der Waals surface area contributed by atoms with Crippen LogP contribution in [0.3, 0.4) is 0 Å². The number of rotatable bonds is 2. The average Bonchev–Trinajstić information content (AvgIpc) is 2.41. The second-order valence-electron chi connectivity index (χ2n) is 3.43. The molecule has 2 rings (SSSR count). The second kappa shape index (κ2) is 4.86. The van der Waals surface area contributed by atoms with Crippen LogP contribution in [-0.2, 0) is 0 Å². The predicted molar refractivity (Wildman–Crippen MR) is 64.6 cm³/mol. The van der Waals surface area contributed by atoms with Crippen molar-refractivity contribution in [3.63, 3.8) is 0 Å². The van der Waals surface area contributed by atoms with E-state index in [1.165, 1.54) is 12.3 Å². The lowest BCUT2D eigenvalue weighted by Crippen LogP contribution is -1.94. The van der Waals surface area contributed by atoms with E-state index in [0.717, 1.165) is 0 Å². The number of hydrogen-bond donors (Lipinski definition) is 1. The molecule has 0 saturated carbocycles. The van der Waals surface area contributed by atoms with Gasteiger partial charge in [0.25, 0.3) is 0 Å². The molecule has 5 nitrogen and oxygen atoms in total. The van der Waals surface area contributed by atoms with E-state index in [2.05, 4.69) is 4.98 Å². The Hall–Kier alpha value is -3.05. The summed E-state index contributed by atoms with van der Waals surface area (Å²) in [7, 11) is 0. The highest BCUT2D eigenvalue weighted by Gasteiger charge is 2.09. The van der Waals surface area contributed by atoms with Crippen LogP contribution in [0.2, 0.25) is 0 Å². The quantitative estimate of drug-likeness (QED) is 0.806. The summed E-state index contributed by atoms with van der Waals surface area (Å²) in [4.78, 5) is 3.87. The molecule has 0 aliphatic heterocycles. The highest BCUT2D eigenvalue weighted by atomic mass is 16.5. The van der Waals surface area contributed by atoms with Crippen molar-refractivity contribution in [1.29, 1.82) is 10.5 Å². The van der Waals surface area contributed by atoms with Gasteiger partial charge in [0.1, 0.15) is 17.9 Å². The van der Waals surface area contributed by atoms with Crippen LogP contribution in [0.25, 0.3) is 0 Å². The Labute approximate surface area is 104 Å². The van der Waals surface area contributed by atoms with E-state index in [-0.39, 0.29) is 5.69 Å². The van der Waals surface area contributed by atoms with Gasteiger partial charge in [-0.3, -0.25) is 0 Å². The van der Waals surface area contributed by atoms with Gasteiger partial charge in [0.2, 0.25) is 0 Å². The molecule has 2 aromatic rings. The van der Waals surface area contributed by atoms with Crippen molar-refractivity contribution in [1.82, 2.24) is 4.98 Å². The lowest BCUT2D eigenvalue weighted by molar-refractivity contribution is 0.477. The number of nitrogens with zero attached hydrogens (tertiary/aromatic N) is 3. The topological polar surface area (TPSA) is 95.7 Å². The Morgan fingerprint density at radius 2 is 1.94 bits per heavy atom. The summed E-state index contributed by atoms with van der Waals surface area (Å²) in [5.41, 5.74) is 6.53. The molecule has 0 unspecified atom stereocenters. The van der Waals surface area contributed by atoms with Gasteiger partial charge in [0, 0.05) is 11.9 Å². The number of aromatic nitrogens is 1. The summed E-state index contributed by atoms with van der Waals surface area (Å²) in [6, 6.07) is 11.9. The Bertz CT molecular complexity index is 667. The lowest BCUT2D eigenvalue weighted by atomic mass is 10.2. The van der Waals surface area contributed by atoms with Crippen LogP contribution >= 0.6 is 0 Å². The Kier molecular flexibility index (Phi) is 3.08. The van der Waals surface area contributed by atoms with Crippen LogP contribution in [0.4, 0.5) is 5.69 Å². The van der Waals surface area contributed by atoms with Gasteiger partial charge in [0.05, 0.1) is 5.56 Å². The van der Waals surface area contributed by atoms with E-state index < -0.39 is 0 Å². The highest BCUT2D eigenvalue weighted by molar-refractivity contribution is 5.54. The lowest BCUT2D eigenvalue weighted by Gasteiger charge is -2.08. The largest absolute Gasteiger partial charge is 0.453 e. The number of nitrogen functional groups attached to an aromatic ring is 1. The molecule has 0 atom stereocenters. The first-order valence-corrected chi connectivity index (χ1v) is 5.07. The van der Waals surface area contributed by atoms with Crippen LogP contribution in [0, 0.1) is 22.7 Å². The molecule has 2 N–H and O–H groups in total. The van der Waals surface area contributed by atoms with Gasteiger partial charge in [0.15, 0.2) is 11.4 Å². The maximum Gasteiger partial charge on any atom is 0.183 e. The molecular formula is C13H8N4O. The zero-order valence-corrected chi connectivity index (χ0v) is 9.29. The third kappa shape index (κ3) is 2.21. The fourth-order valence-electron chi connectivity index (χ4n) is 1.40.